The fraction of sp³-hybridized carbons (Fsp3) is 0.294. The number of ether oxygens (including phenoxy) is 2. The minimum absolute atomic E-state index is 0.384. The Labute approximate surface area is 123 Å². The van der Waals surface area contributed by atoms with Crippen molar-refractivity contribution in [3.8, 4) is 0 Å². The van der Waals surface area contributed by atoms with Crippen molar-refractivity contribution in [3.63, 3.8) is 0 Å². The molecule has 1 aromatic carbocycles. The lowest BCUT2D eigenvalue weighted by Crippen LogP contribution is -2.10. The number of hydrogen-bond donors (Lipinski definition) is 0. The summed E-state index contributed by atoms with van der Waals surface area (Å²) in [5.41, 5.74) is 1.48. The van der Waals surface area contributed by atoms with Gasteiger partial charge in [-0.2, -0.15) is 0 Å². The average Bonchev–Trinajstić information content (AvgIpc) is 3.23. The number of allylic oxidation sites excluding steroid dienone is 2. The third-order valence-electron chi connectivity index (χ3n) is 4.31. The molecule has 0 unspecified atom stereocenters. The van der Waals surface area contributed by atoms with Gasteiger partial charge < -0.3 is 9.47 Å². The van der Waals surface area contributed by atoms with Crippen LogP contribution < -0.4 is 0 Å². The zero-order chi connectivity index (χ0) is 15.0. The van der Waals surface area contributed by atoms with Crippen molar-refractivity contribution in [1.29, 1.82) is 0 Å². The molecule has 4 nitrogen and oxygen atoms in total. The number of esters is 2. The van der Waals surface area contributed by atoms with E-state index in [4.69, 9.17) is 9.47 Å². The minimum atomic E-state index is -0.640. The molecule has 2 aliphatic rings. The molecular weight excluding hydrogens is 268 g/mol. The predicted molar refractivity (Wildman–Crippen MR) is 78.0 cm³/mol. The van der Waals surface area contributed by atoms with E-state index < -0.39 is 17.3 Å². The normalized spacial score (nSPS) is 24.1. The highest BCUT2D eigenvalue weighted by Crippen LogP contribution is 2.63. The van der Waals surface area contributed by atoms with Crippen LogP contribution in [0.15, 0.2) is 36.4 Å². The standard InChI is InChI=1S/C17H16O4/c1-20-15(18)13-14(16(19)21-2)17(13)9-7-11-5-3-4-6-12(11)8-10-17/h3-10,13-14H,1-2H3/t13-,14-/m0/s1. The van der Waals surface area contributed by atoms with Gasteiger partial charge in [-0.1, -0.05) is 48.6 Å². The van der Waals surface area contributed by atoms with E-state index in [1.165, 1.54) is 14.2 Å². The first kappa shape index (κ1) is 13.6. The van der Waals surface area contributed by atoms with E-state index in [9.17, 15) is 9.59 Å². The van der Waals surface area contributed by atoms with Crippen LogP contribution in [0.4, 0.5) is 0 Å². The molecule has 0 amide bonds. The molecular formula is C17H16O4. The molecule has 0 N–H and O–H groups in total. The van der Waals surface area contributed by atoms with Crippen LogP contribution in [0.5, 0.6) is 0 Å². The maximum Gasteiger partial charge on any atom is 0.310 e. The number of fused-ring (bicyclic) bond motifs is 1. The Morgan fingerprint density at radius 2 is 1.33 bits per heavy atom. The summed E-state index contributed by atoms with van der Waals surface area (Å²) in [6.07, 6.45) is 7.74. The zero-order valence-corrected chi connectivity index (χ0v) is 11.9. The van der Waals surface area contributed by atoms with Crippen LogP contribution in [0.3, 0.4) is 0 Å². The highest BCUT2D eigenvalue weighted by molar-refractivity contribution is 5.93. The summed E-state index contributed by atoms with van der Waals surface area (Å²) in [7, 11) is 2.67. The van der Waals surface area contributed by atoms with Crippen LogP contribution in [-0.4, -0.2) is 26.2 Å². The maximum absolute atomic E-state index is 12.0. The number of benzene rings is 1. The molecule has 3 rings (SSSR count). The Kier molecular flexibility index (Phi) is 3.16. The number of rotatable bonds is 2. The Morgan fingerprint density at radius 1 is 0.905 bits per heavy atom. The Balaban J connectivity index is 2.02. The van der Waals surface area contributed by atoms with Gasteiger partial charge in [-0.25, -0.2) is 0 Å². The lowest BCUT2D eigenvalue weighted by molar-refractivity contribution is -0.148. The molecule has 0 aromatic heterocycles. The van der Waals surface area contributed by atoms with Gasteiger partial charge in [0, 0.05) is 5.41 Å². The molecule has 4 heteroatoms. The lowest BCUT2D eigenvalue weighted by Gasteiger charge is -2.05. The first-order chi connectivity index (χ1) is 10.1. The highest BCUT2D eigenvalue weighted by atomic mass is 16.5. The van der Waals surface area contributed by atoms with Crippen molar-refractivity contribution >= 4 is 24.1 Å². The summed E-state index contributed by atoms with van der Waals surface area (Å²) >= 11 is 0. The van der Waals surface area contributed by atoms with E-state index in [1.54, 1.807) is 0 Å². The topological polar surface area (TPSA) is 52.6 Å². The number of methoxy groups -OCH3 is 2. The highest BCUT2D eigenvalue weighted by Gasteiger charge is 2.70. The third kappa shape index (κ3) is 1.98. The molecule has 108 valence electrons. The summed E-state index contributed by atoms with van der Waals surface area (Å²) in [5, 5.41) is 0. The molecule has 21 heavy (non-hydrogen) atoms. The van der Waals surface area contributed by atoms with E-state index in [2.05, 4.69) is 0 Å². The summed E-state index contributed by atoms with van der Waals surface area (Å²) in [4.78, 5) is 23.9. The monoisotopic (exact) mass is 284 g/mol. The second kappa shape index (κ2) is 4.88. The Morgan fingerprint density at radius 3 is 1.71 bits per heavy atom. The van der Waals surface area contributed by atoms with Gasteiger partial charge in [-0.3, -0.25) is 9.59 Å². The predicted octanol–water partition coefficient (Wildman–Crippen LogP) is 2.31. The van der Waals surface area contributed by atoms with Crippen LogP contribution in [0.25, 0.3) is 12.2 Å². The number of carbonyl (C=O) groups excluding carboxylic acids is 2. The SMILES string of the molecule is COC(=O)[C@@H]1[C@@H](C(=O)OC)C12C=Cc1ccccc1C=C2. The molecule has 0 saturated heterocycles. The van der Waals surface area contributed by atoms with Gasteiger partial charge >= 0.3 is 11.9 Å². The van der Waals surface area contributed by atoms with Crippen LogP contribution in [0.2, 0.25) is 0 Å². The smallest absolute Gasteiger partial charge is 0.310 e. The number of hydrogen-bond acceptors (Lipinski definition) is 4. The number of carbonyl (C=O) groups is 2. The molecule has 0 bridgehead atoms. The fourth-order valence-electron chi connectivity index (χ4n) is 3.11. The largest absolute Gasteiger partial charge is 0.469 e. The molecule has 0 aliphatic heterocycles. The van der Waals surface area contributed by atoms with E-state index in [0.717, 1.165) is 11.1 Å². The summed E-state index contributed by atoms with van der Waals surface area (Å²) in [5.74, 6) is -1.80. The minimum Gasteiger partial charge on any atom is -0.469 e. The third-order valence-corrected chi connectivity index (χ3v) is 4.31. The van der Waals surface area contributed by atoms with E-state index >= 15 is 0 Å². The molecule has 1 fully saturated rings. The summed E-state index contributed by atoms with van der Waals surface area (Å²) in [6, 6.07) is 7.91. The van der Waals surface area contributed by atoms with Crippen molar-refractivity contribution in [2.45, 2.75) is 0 Å². The van der Waals surface area contributed by atoms with E-state index in [-0.39, 0.29) is 11.9 Å². The second-order valence-corrected chi connectivity index (χ2v) is 5.30. The van der Waals surface area contributed by atoms with Crippen molar-refractivity contribution in [3.05, 3.63) is 47.5 Å². The average molecular weight is 284 g/mol. The second-order valence-electron chi connectivity index (χ2n) is 5.30. The van der Waals surface area contributed by atoms with Crippen molar-refractivity contribution in [2.75, 3.05) is 14.2 Å². The van der Waals surface area contributed by atoms with Gasteiger partial charge in [-0.05, 0) is 11.1 Å². The Hall–Kier alpha value is -2.36. The van der Waals surface area contributed by atoms with E-state index in [0.29, 0.717) is 0 Å². The lowest BCUT2D eigenvalue weighted by atomic mass is 10.0. The van der Waals surface area contributed by atoms with Gasteiger partial charge in [0.25, 0.3) is 0 Å². The van der Waals surface area contributed by atoms with Gasteiger partial charge in [-0.15, -0.1) is 0 Å². The van der Waals surface area contributed by atoms with Gasteiger partial charge in [0.15, 0.2) is 0 Å². The summed E-state index contributed by atoms with van der Waals surface area (Å²) in [6.45, 7) is 0. The van der Waals surface area contributed by atoms with Crippen LogP contribution >= 0.6 is 0 Å². The molecule has 1 spiro atoms. The van der Waals surface area contributed by atoms with Gasteiger partial charge in [0.1, 0.15) is 0 Å². The van der Waals surface area contributed by atoms with Gasteiger partial charge in [0.2, 0.25) is 0 Å². The van der Waals surface area contributed by atoms with Crippen molar-refractivity contribution in [1.82, 2.24) is 0 Å². The van der Waals surface area contributed by atoms with Crippen LogP contribution in [0, 0.1) is 17.3 Å². The van der Waals surface area contributed by atoms with Crippen molar-refractivity contribution in [2.24, 2.45) is 17.3 Å². The molecule has 1 aromatic rings. The quantitative estimate of drug-likeness (QED) is 0.782. The summed E-state index contributed by atoms with van der Waals surface area (Å²) < 4.78 is 9.66. The van der Waals surface area contributed by atoms with Crippen molar-refractivity contribution < 1.29 is 19.1 Å². The molecule has 2 aliphatic carbocycles. The molecule has 1 saturated carbocycles. The fourth-order valence-corrected chi connectivity index (χ4v) is 3.11. The molecule has 0 heterocycles. The molecule has 0 radical (unpaired) electrons. The van der Waals surface area contributed by atoms with Crippen LogP contribution in [0.1, 0.15) is 11.1 Å². The Bertz CT molecular complexity index is 600. The van der Waals surface area contributed by atoms with Gasteiger partial charge in [0.05, 0.1) is 26.1 Å². The van der Waals surface area contributed by atoms with Crippen LogP contribution in [-0.2, 0) is 19.1 Å². The zero-order valence-electron chi connectivity index (χ0n) is 11.9. The maximum atomic E-state index is 12.0. The first-order valence-corrected chi connectivity index (χ1v) is 6.77. The van der Waals surface area contributed by atoms with E-state index in [1.807, 2.05) is 48.6 Å². The first-order valence-electron chi connectivity index (χ1n) is 6.77. The molecule has 2 atom stereocenters.